The number of carbonyl (C=O) groups is 1. The zero-order valence-electron chi connectivity index (χ0n) is 14.7. The molecule has 3 rings (SSSR count). The molecule has 0 saturated heterocycles. The average molecular weight is 453 g/mol. The number of nitrogens with zero attached hydrogens (tertiary/aromatic N) is 2. The number of amides is 1. The maximum Gasteiger partial charge on any atom is 0.266 e. The molecule has 2 atom stereocenters. The van der Waals surface area contributed by atoms with Crippen molar-refractivity contribution in [3.8, 4) is 0 Å². The number of hydrogen-bond donors (Lipinski definition) is 2. The van der Waals surface area contributed by atoms with Gasteiger partial charge in [-0.05, 0) is 57.2 Å². The Morgan fingerprint density at radius 3 is 2.33 bits per heavy atom. The zero-order valence-corrected chi connectivity index (χ0v) is 17.1. The fourth-order valence-corrected chi connectivity index (χ4v) is 3.95. The largest absolute Gasteiger partial charge is 0.369 e. The average Bonchev–Trinajstić information content (AvgIpc) is 2.82. The number of halogens is 2. The van der Waals surface area contributed by atoms with Crippen LogP contribution < -0.4 is 10.5 Å². The van der Waals surface area contributed by atoms with E-state index < -0.39 is 21.1 Å². The molecule has 2 aromatic rings. The molecular weight excluding hydrogens is 435 g/mol. The van der Waals surface area contributed by atoms with Crippen molar-refractivity contribution < 1.29 is 13.4 Å². The summed E-state index contributed by atoms with van der Waals surface area (Å²) in [4.78, 5) is 18.8. The summed E-state index contributed by atoms with van der Waals surface area (Å²) < 4.78 is 28.6. The summed E-state index contributed by atoms with van der Waals surface area (Å²) in [5.74, 6) is 2.82. The highest BCUT2D eigenvalue weighted by molar-refractivity contribution is 9.10. The molecule has 1 aliphatic rings. The minimum atomic E-state index is -2.44. The van der Waals surface area contributed by atoms with Crippen LogP contribution in [0.2, 0.25) is 0 Å². The Bertz CT molecular complexity index is 1050. The molecule has 9 heteroatoms. The highest BCUT2D eigenvalue weighted by Crippen LogP contribution is 2.40. The van der Waals surface area contributed by atoms with Gasteiger partial charge in [0.05, 0.1) is 4.47 Å². The van der Waals surface area contributed by atoms with Gasteiger partial charge in [-0.15, -0.1) is 0 Å². The van der Waals surface area contributed by atoms with Gasteiger partial charge >= 0.3 is 0 Å². The van der Waals surface area contributed by atoms with Crippen LogP contribution in [0.5, 0.6) is 0 Å². The number of carbonyl (C=O) groups excluding carboxylic acids is 1. The Kier molecular flexibility index (Phi) is 4.77. The second-order valence-corrected chi connectivity index (χ2v) is 9.43. The second kappa shape index (κ2) is 6.65. The molecule has 1 aliphatic heterocycles. The van der Waals surface area contributed by atoms with Gasteiger partial charge in [-0.2, -0.15) is 0 Å². The first kappa shape index (κ1) is 19.4. The minimum absolute atomic E-state index is 0.0667. The van der Waals surface area contributed by atoms with E-state index in [1.54, 1.807) is 24.3 Å². The fraction of sp³-hybridized carbons (Fsp3) is 0.167. The van der Waals surface area contributed by atoms with E-state index in [9.17, 15) is 13.4 Å². The molecule has 2 unspecified atom stereocenters. The number of aliphatic imine (C=N–C) groups is 1. The Morgan fingerprint density at radius 1 is 1.26 bits per heavy atom. The molecular formula is C18H18BrFN4O2S. The van der Waals surface area contributed by atoms with E-state index in [4.69, 9.17) is 5.73 Å². The number of rotatable bonds is 4. The van der Waals surface area contributed by atoms with Crippen molar-refractivity contribution in [2.24, 2.45) is 10.7 Å². The van der Waals surface area contributed by atoms with Crippen molar-refractivity contribution in [3.05, 3.63) is 63.9 Å². The topological polar surface area (TPSA) is 87.8 Å². The lowest BCUT2D eigenvalue weighted by molar-refractivity contribution is -0.129. The van der Waals surface area contributed by atoms with Gasteiger partial charge in [0.2, 0.25) is 0 Å². The third-order valence-electron chi connectivity index (χ3n) is 4.21. The molecule has 1 amide bonds. The predicted octanol–water partition coefficient (Wildman–Crippen LogP) is 2.29. The van der Waals surface area contributed by atoms with Gasteiger partial charge in [-0.1, -0.05) is 18.2 Å². The van der Waals surface area contributed by atoms with Gasteiger partial charge in [-0.25, -0.2) is 13.6 Å². The molecule has 0 spiro atoms. The highest BCUT2D eigenvalue weighted by Gasteiger charge is 2.49. The van der Waals surface area contributed by atoms with Crippen LogP contribution in [0.3, 0.4) is 0 Å². The van der Waals surface area contributed by atoms with E-state index in [1.165, 1.54) is 36.4 Å². The van der Waals surface area contributed by atoms with E-state index in [0.29, 0.717) is 16.8 Å². The lowest BCUT2D eigenvalue weighted by atomic mass is 9.83. The van der Waals surface area contributed by atoms with Gasteiger partial charge in [0, 0.05) is 28.7 Å². The Morgan fingerprint density at radius 2 is 1.85 bits per heavy atom. The van der Waals surface area contributed by atoms with Gasteiger partial charge < -0.3 is 10.5 Å². The Hall–Kier alpha value is -2.39. The summed E-state index contributed by atoms with van der Waals surface area (Å²) >= 11 is 3.16. The van der Waals surface area contributed by atoms with Crippen molar-refractivity contribution in [1.82, 2.24) is 4.90 Å². The number of benzene rings is 2. The normalized spacial score (nSPS) is 21.7. The maximum absolute atomic E-state index is 13.7. The van der Waals surface area contributed by atoms with Gasteiger partial charge in [0.15, 0.2) is 11.5 Å². The number of anilines is 1. The number of nitrogens with two attached hydrogens (primary N) is 1. The summed E-state index contributed by atoms with van der Waals surface area (Å²) in [6.07, 6.45) is 1.49. The molecule has 3 N–H and O–H groups in total. The summed E-state index contributed by atoms with van der Waals surface area (Å²) in [5, 5.41) is 0. The van der Waals surface area contributed by atoms with Crippen LogP contribution in [-0.2, 0) is 20.0 Å². The summed E-state index contributed by atoms with van der Waals surface area (Å²) in [5.41, 5.74) is 6.10. The molecule has 2 aromatic carbocycles. The Labute approximate surface area is 165 Å². The summed E-state index contributed by atoms with van der Waals surface area (Å²) in [7, 11) is -0.902. The van der Waals surface area contributed by atoms with Crippen LogP contribution in [0.15, 0.2) is 51.9 Å². The molecule has 0 fully saturated rings. The molecule has 0 bridgehead atoms. The van der Waals surface area contributed by atoms with Gasteiger partial charge in [0.1, 0.15) is 5.82 Å². The minimum Gasteiger partial charge on any atom is -0.369 e. The van der Waals surface area contributed by atoms with Crippen molar-refractivity contribution in [1.29, 1.82) is 0 Å². The van der Waals surface area contributed by atoms with Crippen molar-refractivity contribution in [2.75, 3.05) is 18.0 Å². The van der Waals surface area contributed by atoms with Crippen molar-refractivity contribution in [3.63, 3.8) is 0 Å². The number of hydrogen-bond acceptors (Lipinski definition) is 4. The van der Waals surface area contributed by atoms with E-state index in [2.05, 4.69) is 31.5 Å². The van der Waals surface area contributed by atoms with E-state index in [-0.39, 0.29) is 16.3 Å². The molecule has 6 nitrogen and oxygen atoms in total. The maximum atomic E-state index is 13.7. The molecule has 0 saturated carbocycles. The first-order chi connectivity index (χ1) is 12.5. The smallest absolute Gasteiger partial charge is 0.266 e. The first-order valence-corrected chi connectivity index (χ1v) is 10.8. The number of likely N-dealkylation sites (N-methyl/N-ethyl adjacent to an activating group) is 1. The van der Waals surface area contributed by atoms with Crippen LogP contribution in [0.25, 0.3) is 0 Å². The standard InChI is InChI=1S/C18H18BrFN4O2S/c1-24-16(25)18(22-17(24)21,12-6-9-15(20)14(19)10-12)11-4-7-13(8-5-11)23-27(2,3)26/h4-10H,2H2,1,3H3,(H2,21,22)(H,23,26). The SMILES string of the molecule is C=S(C)(=O)Nc1ccc(C2(c3ccc(F)c(Br)c3)N=C(N)N(C)C2=O)cc1. The predicted molar refractivity (Wildman–Crippen MR) is 111 cm³/mol. The monoisotopic (exact) mass is 452 g/mol. The lowest BCUT2D eigenvalue weighted by Crippen LogP contribution is -2.41. The molecule has 0 aromatic heterocycles. The summed E-state index contributed by atoms with van der Waals surface area (Å²) in [6.45, 7) is 0. The third-order valence-corrected chi connectivity index (χ3v) is 5.49. The first-order valence-electron chi connectivity index (χ1n) is 7.84. The zero-order chi connectivity index (χ0) is 20.0. The van der Waals surface area contributed by atoms with Gasteiger partial charge in [-0.3, -0.25) is 9.69 Å². The molecule has 0 aliphatic carbocycles. The molecule has 1 heterocycles. The quantitative estimate of drug-likeness (QED) is 0.697. The number of nitrogens with one attached hydrogen (secondary N) is 1. The van der Waals surface area contributed by atoms with Crippen LogP contribution in [0.1, 0.15) is 11.1 Å². The highest BCUT2D eigenvalue weighted by atomic mass is 79.9. The third kappa shape index (κ3) is 3.44. The fourth-order valence-electron chi connectivity index (χ4n) is 2.93. The van der Waals surface area contributed by atoms with E-state index in [1.807, 2.05) is 0 Å². The van der Waals surface area contributed by atoms with E-state index in [0.717, 1.165) is 0 Å². The van der Waals surface area contributed by atoms with Crippen LogP contribution in [0, 0.1) is 5.82 Å². The van der Waals surface area contributed by atoms with Crippen LogP contribution in [-0.4, -0.2) is 40.1 Å². The van der Waals surface area contributed by atoms with Crippen LogP contribution in [0.4, 0.5) is 10.1 Å². The van der Waals surface area contributed by atoms with Gasteiger partial charge in [0.25, 0.3) is 5.91 Å². The van der Waals surface area contributed by atoms with E-state index >= 15 is 0 Å². The lowest BCUT2D eigenvalue weighted by Gasteiger charge is -2.26. The molecule has 27 heavy (non-hydrogen) atoms. The van der Waals surface area contributed by atoms with Crippen molar-refractivity contribution in [2.45, 2.75) is 5.54 Å². The van der Waals surface area contributed by atoms with Crippen LogP contribution >= 0.6 is 15.9 Å². The van der Waals surface area contributed by atoms with Crippen molar-refractivity contribution >= 4 is 49.1 Å². The molecule has 0 radical (unpaired) electrons. The summed E-state index contributed by atoms with van der Waals surface area (Å²) in [6, 6.07) is 11.0. The second-order valence-electron chi connectivity index (χ2n) is 6.36. The number of guanidine groups is 1. The molecule has 142 valence electrons. The Balaban J connectivity index is 2.17.